The summed E-state index contributed by atoms with van der Waals surface area (Å²) in [5.74, 6) is -0.301. The Morgan fingerprint density at radius 2 is 1.93 bits per heavy atom. The first-order chi connectivity index (χ1) is 13.1. The van der Waals surface area contributed by atoms with E-state index < -0.39 is 5.97 Å². The Kier molecular flexibility index (Phi) is 4.81. The molecule has 1 fully saturated rings. The van der Waals surface area contributed by atoms with Gasteiger partial charge in [0.05, 0.1) is 16.3 Å². The Labute approximate surface area is 161 Å². The third-order valence-electron chi connectivity index (χ3n) is 4.55. The number of aromatic nitrogens is 2. The summed E-state index contributed by atoms with van der Waals surface area (Å²) in [7, 11) is 0. The van der Waals surface area contributed by atoms with Gasteiger partial charge in [0, 0.05) is 31.0 Å². The highest BCUT2D eigenvalue weighted by Gasteiger charge is 2.20. The van der Waals surface area contributed by atoms with E-state index in [-0.39, 0.29) is 12.5 Å². The van der Waals surface area contributed by atoms with Gasteiger partial charge in [-0.3, -0.25) is 4.79 Å². The first-order valence-corrected chi connectivity index (χ1v) is 9.19. The van der Waals surface area contributed by atoms with Gasteiger partial charge in [-0.1, -0.05) is 11.6 Å². The molecule has 1 aliphatic rings. The fourth-order valence-corrected chi connectivity index (χ4v) is 3.33. The number of pyridine rings is 1. The Balaban J connectivity index is 1.41. The maximum absolute atomic E-state index is 12.3. The maximum Gasteiger partial charge on any atom is 0.338 e. The van der Waals surface area contributed by atoms with Crippen LogP contribution in [0, 0.1) is 0 Å². The number of nitrogens with zero attached hydrogens (tertiary/aromatic N) is 3. The molecule has 2 aromatic heterocycles. The van der Waals surface area contributed by atoms with Crippen LogP contribution in [0.25, 0.3) is 5.65 Å². The number of anilines is 1. The van der Waals surface area contributed by atoms with Crippen LogP contribution >= 0.6 is 11.6 Å². The van der Waals surface area contributed by atoms with Crippen molar-refractivity contribution in [3.05, 3.63) is 65.1 Å². The highest BCUT2D eigenvalue weighted by atomic mass is 35.5. The molecule has 1 saturated heterocycles. The van der Waals surface area contributed by atoms with Gasteiger partial charge in [-0.15, -0.1) is 0 Å². The number of amides is 1. The third-order valence-corrected chi connectivity index (χ3v) is 4.78. The molecule has 1 aliphatic heterocycles. The average Bonchev–Trinajstić information content (AvgIpc) is 3.08. The Morgan fingerprint density at radius 3 is 2.70 bits per heavy atom. The normalized spacial score (nSPS) is 14.6. The molecule has 0 radical (unpaired) electrons. The predicted octanol–water partition coefficient (Wildman–Crippen LogP) is 3.86. The van der Waals surface area contributed by atoms with Crippen LogP contribution in [0.4, 0.5) is 5.69 Å². The second-order valence-electron chi connectivity index (χ2n) is 6.47. The van der Waals surface area contributed by atoms with Gasteiger partial charge < -0.3 is 14.0 Å². The molecule has 4 rings (SSSR count). The van der Waals surface area contributed by atoms with Gasteiger partial charge in [-0.05, 0) is 49.2 Å². The zero-order valence-corrected chi connectivity index (χ0v) is 15.4. The van der Waals surface area contributed by atoms with Crippen LogP contribution in [-0.4, -0.2) is 27.8 Å². The lowest BCUT2D eigenvalue weighted by molar-refractivity contribution is -0.119. The second kappa shape index (κ2) is 7.40. The monoisotopic (exact) mass is 383 g/mol. The summed E-state index contributed by atoms with van der Waals surface area (Å²) < 4.78 is 7.14. The van der Waals surface area contributed by atoms with Gasteiger partial charge >= 0.3 is 5.97 Å². The zero-order chi connectivity index (χ0) is 18.8. The molecular weight excluding hydrogens is 366 g/mol. The van der Waals surface area contributed by atoms with Crippen molar-refractivity contribution >= 4 is 34.8 Å². The molecule has 0 aliphatic carbocycles. The van der Waals surface area contributed by atoms with Crippen molar-refractivity contribution in [1.29, 1.82) is 0 Å². The zero-order valence-electron chi connectivity index (χ0n) is 14.6. The molecule has 0 spiro atoms. The predicted molar refractivity (Wildman–Crippen MR) is 102 cm³/mol. The molecule has 0 bridgehead atoms. The van der Waals surface area contributed by atoms with Gasteiger partial charge in [0.15, 0.2) is 0 Å². The van der Waals surface area contributed by atoms with Crippen LogP contribution in [0.5, 0.6) is 0 Å². The highest BCUT2D eigenvalue weighted by molar-refractivity contribution is 6.30. The van der Waals surface area contributed by atoms with Crippen LogP contribution in [0.15, 0.2) is 48.8 Å². The van der Waals surface area contributed by atoms with E-state index in [1.54, 1.807) is 58.1 Å². The van der Waals surface area contributed by atoms with E-state index in [0.717, 1.165) is 30.7 Å². The summed E-state index contributed by atoms with van der Waals surface area (Å²) in [5, 5.41) is 0.607. The van der Waals surface area contributed by atoms with Crippen LogP contribution in [0.1, 0.15) is 35.3 Å². The van der Waals surface area contributed by atoms with Crippen LogP contribution < -0.4 is 4.90 Å². The number of ether oxygens (including phenoxy) is 1. The number of piperidine rings is 1. The van der Waals surface area contributed by atoms with E-state index in [4.69, 9.17) is 16.3 Å². The number of hydrogen-bond acceptors (Lipinski definition) is 4. The first-order valence-electron chi connectivity index (χ1n) is 8.81. The molecule has 0 atom stereocenters. The quantitative estimate of drug-likeness (QED) is 0.642. The molecule has 1 amide bonds. The van der Waals surface area contributed by atoms with Crippen molar-refractivity contribution in [1.82, 2.24) is 9.38 Å². The SMILES string of the molecule is O=C(OCc1cn2cc(Cl)ccc2n1)c1ccc(N2CCCCC2=O)cc1. The molecule has 6 nitrogen and oxygen atoms in total. The molecular formula is C20H18ClN3O3. The lowest BCUT2D eigenvalue weighted by Crippen LogP contribution is -2.35. The third kappa shape index (κ3) is 3.80. The minimum absolute atomic E-state index is 0.0739. The molecule has 3 aromatic rings. The molecule has 0 unspecified atom stereocenters. The average molecular weight is 384 g/mol. The summed E-state index contributed by atoms with van der Waals surface area (Å²) in [4.78, 5) is 30.4. The van der Waals surface area contributed by atoms with Gasteiger partial charge in [0.1, 0.15) is 12.3 Å². The van der Waals surface area contributed by atoms with Crippen molar-refractivity contribution in [2.24, 2.45) is 0 Å². The van der Waals surface area contributed by atoms with Gasteiger partial charge in [-0.2, -0.15) is 0 Å². The van der Waals surface area contributed by atoms with E-state index in [1.807, 2.05) is 0 Å². The van der Waals surface area contributed by atoms with Gasteiger partial charge in [-0.25, -0.2) is 9.78 Å². The number of carbonyl (C=O) groups is 2. The molecule has 0 N–H and O–H groups in total. The summed E-state index contributed by atoms with van der Waals surface area (Å²) in [6.07, 6.45) is 6.04. The van der Waals surface area contributed by atoms with E-state index in [2.05, 4.69) is 4.98 Å². The minimum Gasteiger partial charge on any atom is -0.456 e. The number of hydrogen-bond donors (Lipinski definition) is 0. The van der Waals surface area contributed by atoms with Crippen molar-refractivity contribution < 1.29 is 14.3 Å². The number of benzene rings is 1. The summed E-state index contributed by atoms with van der Waals surface area (Å²) in [6, 6.07) is 10.5. The van der Waals surface area contributed by atoms with E-state index >= 15 is 0 Å². The maximum atomic E-state index is 12.3. The standard InChI is InChI=1S/C20H18ClN3O3/c21-15-6-9-18-22-16(12-23(18)11-15)13-27-20(26)14-4-7-17(8-5-14)24-10-2-1-3-19(24)25/h4-9,11-12H,1-3,10,13H2. The first kappa shape index (κ1) is 17.5. The highest BCUT2D eigenvalue weighted by Crippen LogP contribution is 2.21. The molecule has 7 heteroatoms. The largest absolute Gasteiger partial charge is 0.456 e. The van der Waals surface area contributed by atoms with Crippen molar-refractivity contribution in [3.63, 3.8) is 0 Å². The number of fused-ring (bicyclic) bond motifs is 1. The number of halogens is 1. The van der Waals surface area contributed by atoms with Crippen LogP contribution in [0.2, 0.25) is 5.02 Å². The van der Waals surface area contributed by atoms with Gasteiger partial charge in [0.25, 0.3) is 0 Å². The molecule has 3 heterocycles. The van der Waals surface area contributed by atoms with Crippen molar-refractivity contribution in [3.8, 4) is 0 Å². The lowest BCUT2D eigenvalue weighted by Gasteiger charge is -2.26. The fourth-order valence-electron chi connectivity index (χ4n) is 3.17. The summed E-state index contributed by atoms with van der Waals surface area (Å²) in [6.45, 7) is 0.797. The van der Waals surface area contributed by atoms with Crippen molar-refractivity contribution in [2.75, 3.05) is 11.4 Å². The van der Waals surface area contributed by atoms with Crippen molar-refractivity contribution in [2.45, 2.75) is 25.9 Å². The van der Waals surface area contributed by atoms with Crippen LogP contribution in [-0.2, 0) is 16.1 Å². The van der Waals surface area contributed by atoms with Gasteiger partial charge in [0.2, 0.25) is 5.91 Å². The summed E-state index contributed by atoms with van der Waals surface area (Å²) >= 11 is 5.95. The minimum atomic E-state index is -0.429. The summed E-state index contributed by atoms with van der Waals surface area (Å²) in [5.41, 5.74) is 2.63. The molecule has 27 heavy (non-hydrogen) atoms. The fraction of sp³-hybridized carbons (Fsp3) is 0.250. The molecule has 1 aromatic carbocycles. The number of carbonyl (C=O) groups excluding carboxylic acids is 2. The van der Waals surface area contributed by atoms with Crippen LogP contribution in [0.3, 0.4) is 0 Å². The number of esters is 1. The Bertz CT molecular complexity index is 997. The second-order valence-corrected chi connectivity index (χ2v) is 6.91. The smallest absolute Gasteiger partial charge is 0.338 e. The Morgan fingerprint density at radius 1 is 1.11 bits per heavy atom. The number of rotatable bonds is 4. The molecule has 138 valence electrons. The Hall–Kier alpha value is -2.86. The number of imidazole rings is 1. The van der Waals surface area contributed by atoms with E-state index in [1.165, 1.54) is 0 Å². The lowest BCUT2D eigenvalue weighted by atomic mass is 10.1. The topological polar surface area (TPSA) is 63.9 Å². The van der Waals surface area contributed by atoms with E-state index in [0.29, 0.717) is 22.7 Å². The van der Waals surface area contributed by atoms with E-state index in [9.17, 15) is 9.59 Å². The molecule has 0 saturated carbocycles.